The second-order valence-corrected chi connectivity index (χ2v) is 5.39. The van der Waals surface area contributed by atoms with Gasteiger partial charge in [-0.3, -0.25) is 10.8 Å². The van der Waals surface area contributed by atoms with E-state index in [1.807, 2.05) is 0 Å². The summed E-state index contributed by atoms with van der Waals surface area (Å²) in [6.45, 7) is 0. The van der Waals surface area contributed by atoms with Gasteiger partial charge >= 0.3 is 0 Å². The Bertz CT molecular complexity index is 1020. The highest BCUT2D eigenvalue weighted by Crippen LogP contribution is 1.89. The Labute approximate surface area is 169 Å². The zero-order valence-electron chi connectivity index (χ0n) is 15.6. The van der Waals surface area contributed by atoms with Crippen molar-refractivity contribution in [2.75, 3.05) is 0 Å². The average molecular weight is 406 g/mol. The van der Waals surface area contributed by atoms with Gasteiger partial charge in [0.25, 0.3) is 0 Å². The molecule has 4 aromatic heterocycles. The molecule has 14 heteroatoms. The topological polar surface area (TPSA) is 196 Å². The Kier molecular flexibility index (Phi) is 6.20. The van der Waals surface area contributed by atoms with Gasteiger partial charge in [-0.15, -0.1) is 0 Å². The van der Waals surface area contributed by atoms with E-state index in [9.17, 15) is 0 Å². The molecule has 4 heterocycles. The fourth-order valence-corrected chi connectivity index (χ4v) is 2.02. The van der Waals surface area contributed by atoms with Crippen molar-refractivity contribution >= 4 is 23.8 Å². The number of aliphatic imine (C=N–C) groups is 2. The van der Waals surface area contributed by atoms with Crippen molar-refractivity contribution in [3.63, 3.8) is 0 Å². The van der Waals surface area contributed by atoms with E-state index in [-0.39, 0.29) is 23.8 Å². The first-order valence-electron chi connectivity index (χ1n) is 8.40. The van der Waals surface area contributed by atoms with Gasteiger partial charge in [-0.25, -0.2) is 18.7 Å². The number of aromatic nitrogens is 8. The number of nitrogens with one attached hydrogen (secondary N) is 2. The van der Waals surface area contributed by atoms with Crippen LogP contribution in [0.1, 0.15) is 0 Å². The van der Waals surface area contributed by atoms with E-state index in [2.05, 4.69) is 30.4 Å². The first kappa shape index (κ1) is 19.9. The molecule has 0 saturated heterocycles. The SMILES string of the molecule is N=C(/N=C(\N)n1cccn1)n1cccn1.N=C(/N=C(\N)n1cccn1)n1cccn1. The lowest BCUT2D eigenvalue weighted by atomic mass is 10.7. The minimum atomic E-state index is -0.0620. The molecule has 0 aliphatic heterocycles. The number of nitrogens with two attached hydrogens (primary N) is 2. The van der Waals surface area contributed by atoms with E-state index >= 15 is 0 Å². The van der Waals surface area contributed by atoms with Crippen LogP contribution in [0.4, 0.5) is 0 Å². The molecular weight excluding hydrogens is 388 g/mol. The maximum Gasteiger partial charge on any atom is 0.246 e. The molecule has 0 saturated carbocycles. The summed E-state index contributed by atoms with van der Waals surface area (Å²) in [6.07, 6.45) is 12.8. The highest BCUT2D eigenvalue weighted by Gasteiger charge is 2.02. The number of nitrogens with zero attached hydrogens (tertiary/aromatic N) is 10. The Morgan fingerprint density at radius 1 is 0.567 bits per heavy atom. The van der Waals surface area contributed by atoms with Crippen LogP contribution in [0.5, 0.6) is 0 Å². The Morgan fingerprint density at radius 3 is 1.13 bits per heavy atom. The maximum absolute atomic E-state index is 7.57. The van der Waals surface area contributed by atoms with Gasteiger partial charge < -0.3 is 11.5 Å². The number of hydrogen-bond donors (Lipinski definition) is 4. The maximum atomic E-state index is 7.57. The molecule has 0 aliphatic carbocycles. The van der Waals surface area contributed by atoms with Crippen molar-refractivity contribution in [2.45, 2.75) is 0 Å². The minimum Gasteiger partial charge on any atom is -0.368 e. The van der Waals surface area contributed by atoms with Crippen molar-refractivity contribution in [1.82, 2.24) is 39.1 Å². The Hall–Kier alpha value is -4.88. The lowest BCUT2D eigenvalue weighted by Gasteiger charge is -2.00. The molecule has 14 nitrogen and oxygen atoms in total. The summed E-state index contributed by atoms with van der Waals surface area (Å²) in [5, 5.41) is 30.6. The van der Waals surface area contributed by atoms with Crippen molar-refractivity contribution in [3.8, 4) is 0 Å². The van der Waals surface area contributed by atoms with Crippen LogP contribution < -0.4 is 11.5 Å². The molecule has 0 amide bonds. The van der Waals surface area contributed by atoms with Gasteiger partial charge in [-0.05, 0) is 24.3 Å². The Morgan fingerprint density at radius 2 is 0.867 bits per heavy atom. The molecule has 4 aromatic rings. The summed E-state index contributed by atoms with van der Waals surface area (Å²) < 4.78 is 5.35. The van der Waals surface area contributed by atoms with Crippen molar-refractivity contribution in [3.05, 3.63) is 73.8 Å². The van der Waals surface area contributed by atoms with Crippen LogP contribution in [0, 0.1) is 10.8 Å². The second kappa shape index (κ2) is 9.36. The van der Waals surface area contributed by atoms with Gasteiger partial charge in [-0.1, -0.05) is 0 Å². The number of rotatable bonds is 0. The molecular formula is C16H18N14. The molecule has 30 heavy (non-hydrogen) atoms. The monoisotopic (exact) mass is 406 g/mol. The zero-order valence-corrected chi connectivity index (χ0v) is 15.6. The zero-order chi connectivity index (χ0) is 21.3. The molecule has 4 rings (SSSR count). The van der Waals surface area contributed by atoms with Crippen molar-refractivity contribution < 1.29 is 0 Å². The molecule has 0 fully saturated rings. The van der Waals surface area contributed by atoms with E-state index in [0.717, 1.165) is 0 Å². The van der Waals surface area contributed by atoms with Crippen LogP contribution in [-0.2, 0) is 0 Å². The minimum absolute atomic E-state index is 0.0620. The third kappa shape index (κ3) is 5.10. The summed E-state index contributed by atoms with van der Waals surface area (Å²) in [7, 11) is 0. The van der Waals surface area contributed by atoms with Crippen LogP contribution in [-0.4, -0.2) is 63.0 Å². The molecule has 152 valence electrons. The molecule has 0 atom stereocenters. The van der Waals surface area contributed by atoms with Crippen LogP contribution in [0.15, 0.2) is 83.8 Å². The van der Waals surface area contributed by atoms with E-state index in [4.69, 9.17) is 22.3 Å². The summed E-state index contributed by atoms with van der Waals surface area (Å²) in [4.78, 5) is 7.68. The Balaban J connectivity index is 0.000000171. The first-order valence-corrected chi connectivity index (χ1v) is 8.40. The summed E-state index contributed by atoms with van der Waals surface area (Å²) in [6, 6.07) is 6.85. The van der Waals surface area contributed by atoms with Crippen LogP contribution >= 0.6 is 0 Å². The van der Waals surface area contributed by atoms with Crippen molar-refractivity contribution in [1.29, 1.82) is 10.8 Å². The predicted octanol–water partition coefficient (Wildman–Crippen LogP) is -0.549. The lowest BCUT2D eigenvalue weighted by Crippen LogP contribution is -2.25. The van der Waals surface area contributed by atoms with E-state index in [0.29, 0.717) is 0 Å². The molecule has 0 radical (unpaired) electrons. The molecule has 0 aliphatic rings. The first-order chi connectivity index (χ1) is 14.5. The van der Waals surface area contributed by atoms with Crippen LogP contribution in [0.3, 0.4) is 0 Å². The standard InChI is InChI=1S/2C8H9N7/c2*9-7(14-5-1-3-11-14)13-8(10)15-6-2-4-12-15/h2*1-6H,(H3,9,10,13). The summed E-state index contributed by atoms with van der Waals surface area (Å²) >= 11 is 0. The number of hydrogen-bond acceptors (Lipinski definition) is 6. The van der Waals surface area contributed by atoms with Gasteiger partial charge in [-0.2, -0.15) is 30.4 Å². The smallest absolute Gasteiger partial charge is 0.246 e. The summed E-state index contributed by atoms with van der Waals surface area (Å²) in [5.74, 6) is 0.127. The average Bonchev–Trinajstić information content (AvgIpc) is 3.55. The van der Waals surface area contributed by atoms with Crippen LogP contribution in [0.2, 0.25) is 0 Å². The highest BCUT2D eigenvalue weighted by molar-refractivity contribution is 5.94. The van der Waals surface area contributed by atoms with Gasteiger partial charge in [0.05, 0.1) is 0 Å². The third-order valence-corrected chi connectivity index (χ3v) is 3.36. The second-order valence-electron chi connectivity index (χ2n) is 5.39. The van der Waals surface area contributed by atoms with Gasteiger partial charge in [0.1, 0.15) is 0 Å². The van der Waals surface area contributed by atoms with E-state index in [1.165, 1.54) is 18.7 Å². The van der Waals surface area contributed by atoms with Crippen LogP contribution in [0.25, 0.3) is 0 Å². The van der Waals surface area contributed by atoms with Gasteiger partial charge in [0.2, 0.25) is 23.8 Å². The molecule has 6 N–H and O–H groups in total. The normalized spacial score (nSPS) is 11.6. The summed E-state index contributed by atoms with van der Waals surface area (Å²) in [5.41, 5.74) is 11.2. The lowest BCUT2D eigenvalue weighted by molar-refractivity contribution is 0.891. The fourth-order valence-electron chi connectivity index (χ4n) is 2.02. The molecule has 0 aromatic carbocycles. The van der Waals surface area contributed by atoms with E-state index in [1.54, 1.807) is 73.8 Å². The molecule has 0 bridgehead atoms. The fraction of sp³-hybridized carbons (Fsp3) is 0. The van der Waals surface area contributed by atoms with Gasteiger partial charge in [0.15, 0.2) is 0 Å². The molecule has 0 spiro atoms. The van der Waals surface area contributed by atoms with Crippen molar-refractivity contribution in [2.24, 2.45) is 21.5 Å². The van der Waals surface area contributed by atoms with E-state index < -0.39 is 0 Å². The van der Waals surface area contributed by atoms with Gasteiger partial charge in [0, 0.05) is 49.6 Å². The highest BCUT2D eigenvalue weighted by atomic mass is 15.4. The predicted molar refractivity (Wildman–Crippen MR) is 109 cm³/mol. The largest absolute Gasteiger partial charge is 0.368 e. The third-order valence-electron chi connectivity index (χ3n) is 3.36. The quantitative estimate of drug-likeness (QED) is 0.223. The molecule has 0 unspecified atom stereocenters.